The Bertz CT molecular complexity index is 875. The predicted octanol–water partition coefficient (Wildman–Crippen LogP) is 5.51. The Hall–Kier alpha value is -2.06. The molecule has 3 nitrogen and oxygen atoms in total. The van der Waals surface area contributed by atoms with Gasteiger partial charge < -0.3 is 9.64 Å². The normalized spacial score (nSPS) is 15.7. The third kappa shape index (κ3) is 5.96. The first-order chi connectivity index (χ1) is 13.7. The van der Waals surface area contributed by atoms with Crippen LogP contribution < -0.4 is 0 Å². The first-order valence-electron chi connectivity index (χ1n) is 9.21. The van der Waals surface area contributed by atoms with Crippen LogP contribution in [-0.4, -0.2) is 49.0 Å². The molecule has 156 valence electrons. The third-order valence-corrected chi connectivity index (χ3v) is 5.70. The molecule has 1 fully saturated rings. The van der Waals surface area contributed by atoms with Crippen molar-refractivity contribution in [2.24, 2.45) is 4.99 Å². The molecule has 1 heterocycles. The molecule has 8 heteroatoms. The summed E-state index contributed by atoms with van der Waals surface area (Å²) in [5.41, 5.74) is 2.39. The molecule has 29 heavy (non-hydrogen) atoms. The van der Waals surface area contributed by atoms with Gasteiger partial charge in [0.1, 0.15) is 17.3 Å². The van der Waals surface area contributed by atoms with Crippen molar-refractivity contribution < 1.29 is 22.3 Å². The lowest BCUT2D eigenvalue weighted by molar-refractivity contribution is -0.105. The van der Waals surface area contributed by atoms with Crippen LogP contribution in [0.2, 0.25) is 0 Å². The second kappa shape index (κ2) is 9.17. The van der Waals surface area contributed by atoms with E-state index < -0.39 is 17.7 Å². The molecule has 0 saturated carbocycles. The number of nitrogens with zero attached hydrogens (tertiary/aromatic N) is 2. The molecule has 2 aromatic carbocycles. The molecule has 3 rings (SSSR count). The Morgan fingerprint density at radius 2 is 1.76 bits per heavy atom. The summed E-state index contributed by atoms with van der Waals surface area (Å²) in [5, 5.41) is 0. The SMILES string of the molecule is Cc1ccc(/C(=N/c2cc(SCC(F)(F)F)c(C)cc2F)N2CCOCC2)cc1. The van der Waals surface area contributed by atoms with E-state index in [1.807, 2.05) is 36.1 Å². The Labute approximate surface area is 171 Å². The monoisotopic (exact) mass is 426 g/mol. The average Bonchev–Trinajstić information content (AvgIpc) is 2.67. The maximum absolute atomic E-state index is 14.6. The molecule has 0 aromatic heterocycles. The van der Waals surface area contributed by atoms with Crippen LogP contribution in [-0.2, 0) is 4.74 Å². The fraction of sp³-hybridized carbons (Fsp3) is 0.381. The summed E-state index contributed by atoms with van der Waals surface area (Å²) in [6.07, 6.45) is -4.30. The minimum absolute atomic E-state index is 0.0299. The average molecular weight is 426 g/mol. The topological polar surface area (TPSA) is 24.8 Å². The van der Waals surface area contributed by atoms with Crippen molar-refractivity contribution >= 4 is 23.3 Å². The number of amidine groups is 1. The van der Waals surface area contributed by atoms with Gasteiger partial charge in [0.25, 0.3) is 0 Å². The molecular weight excluding hydrogens is 404 g/mol. The van der Waals surface area contributed by atoms with Gasteiger partial charge in [0.15, 0.2) is 0 Å². The second-order valence-electron chi connectivity index (χ2n) is 6.87. The van der Waals surface area contributed by atoms with Crippen molar-refractivity contribution in [3.8, 4) is 0 Å². The van der Waals surface area contributed by atoms with Crippen LogP contribution in [0.4, 0.5) is 23.2 Å². The summed E-state index contributed by atoms with van der Waals surface area (Å²) >= 11 is 0.643. The van der Waals surface area contributed by atoms with E-state index in [0.29, 0.717) is 54.4 Å². The van der Waals surface area contributed by atoms with Crippen molar-refractivity contribution in [2.75, 3.05) is 32.1 Å². The summed E-state index contributed by atoms with van der Waals surface area (Å²) < 4.78 is 57.9. The highest BCUT2D eigenvalue weighted by atomic mass is 32.2. The number of aliphatic imine (C=N–C) groups is 1. The third-order valence-electron chi connectivity index (χ3n) is 4.48. The van der Waals surface area contributed by atoms with E-state index in [9.17, 15) is 17.6 Å². The van der Waals surface area contributed by atoms with E-state index in [-0.39, 0.29) is 5.69 Å². The molecule has 0 amide bonds. The van der Waals surface area contributed by atoms with E-state index in [2.05, 4.69) is 4.99 Å². The molecule has 0 N–H and O–H groups in total. The molecule has 2 aromatic rings. The van der Waals surface area contributed by atoms with Crippen molar-refractivity contribution in [2.45, 2.75) is 24.9 Å². The van der Waals surface area contributed by atoms with Crippen LogP contribution in [0.25, 0.3) is 0 Å². The minimum atomic E-state index is -4.30. The number of aryl methyl sites for hydroxylation is 2. The van der Waals surface area contributed by atoms with Gasteiger partial charge >= 0.3 is 6.18 Å². The summed E-state index contributed by atoms with van der Waals surface area (Å²) in [7, 11) is 0. The molecule has 0 atom stereocenters. The van der Waals surface area contributed by atoms with E-state index in [1.165, 1.54) is 12.1 Å². The number of benzene rings is 2. The van der Waals surface area contributed by atoms with Gasteiger partial charge in [-0.15, -0.1) is 11.8 Å². The van der Waals surface area contributed by atoms with Gasteiger partial charge in [0.05, 0.1) is 19.0 Å². The number of alkyl halides is 3. The van der Waals surface area contributed by atoms with Crippen molar-refractivity contribution in [1.29, 1.82) is 0 Å². The van der Waals surface area contributed by atoms with Crippen LogP contribution in [0.5, 0.6) is 0 Å². The highest BCUT2D eigenvalue weighted by Gasteiger charge is 2.28. The van der Waals surface area contributed by atoms with E-state index >= 15 is 0 Å². The molecule has 1 aliphatic heterocycles. The first kappa shape index (κ1) is 21.6. The molecule has 0 radical (unpaired) electrons. The maximum atomic E-state index is 14.6. The summed E-state index contributed by atoms with van der Waals surface area (Å²) in [5.74, 6) is -1.00. The first-order valence-corrected chi connectivity index (χ1v) is 10.2. The van der Waals surface area contributed by atoms with Crippen LogP contribution in [0.3, 0.4) is 0 Å². The van der Waals surface area contributed by atoms with Gasteiger partial charge in [0, 0.05) is 23.5 Å². The number of ether oxygens (including phenoxy) is 1. The van der Waals surface area contributed by atoms with Crippen LogP contribution in [0, 0.1) is 19.7 Å². The lowest BCUT2D eigenvalue weighted by atomic mass is 10.1. The molecule has 1 aliphatic rings. The second-order valence-corrected chi connectivity index (χ2v) is 7.89. The number of rotatable bonds is 4. The zero-order valence-corrected chi connectivity index (χ0v) is 17.0. The Kier molecular flexibility index (Phi) is 6.85. The van der Waals surface area contributed by atoms with Crippen molar-refractivity contribution in [3.63, 3.8) is 0 Å². The highest BCUT2D eigenvalue weighted by molar-refractivity contribution is 7.99. The minimum Gasteiger partial charge on any atom is -0.378 e. The molecular formula is C21H22F4N2OS. The zero-order valence-electron chi connectivity index (χ0n) is 16.2. The van der Waals surface area contributed by atoms with Gasteiger partial charge in [-0.3, -0.25) is 0 Å². The maximum Gasteiger partial charge on any atom is 0.398 e. The van der Waals surface area contributed by atoms with E-state index in [0.717, 1.165) is 11.1 Å². The van der Waals surface area contributed by atoms with Gasteiger partial charge in [-0.1, -0.05) is 29.8 Å². The Morgan fingerprint density at radius 3 is 2.38 bits per heavy atom. The largest absolute Gasteiger partial charge is 0.398 e. The van der Waals surface area contributed by atoms with Gasteiger partial charge in [-0.25, -0.2) is 9.38 Å². The van der Waals surface area contributed by atoms with Crippen LogP contribution in [0.15, 0.2) is 46.3 Å². The fourth-order valence-electron chi connectivity index (χ4n) is 2.95. The number of halogens is 4. The number of thioether (sulfide) groups is 1. The Morgan fingerprint density at radius 1 is 1.10 bits per heavy atom. The van der Waals surface area contributed by atoms with Gasteiger partial charge in [-0.2, -0.15) is 13.2 Å². The quantitative estimate of drug-likeness (QED) is 0.279. The zero-order chi connectivity index (χ0) is 21.0. The number of morpholine rings is 1. The van der Waals surface area contributed by atoms with Crippen LogP contribution in [0.1, 0.15) is 16.7 Å². The van der Waals surface area contributed by atoms with E-state index in [4.69, 9.17) is 4.74 Å². The molecule has 1 saturated heterocycles. The molecule has 0 unspecified atom stereocenters. The molecule has 0 aliphatic carbocycles. The van der Waals surface area contributed by atoms with E-state index in [1.54, 1.807) is 6.92 Å². The Balaban J connectivity index is 2.00. The smallest absolute Gasteiger partial charge is 0.378 e. The van der Waals surface area contributed by atoms with Crippen LogP contribution >= 0.6 is 11.8 Å². The van der Waals surface area contributed by atoms with Gasteiger partial charge in [-0.05, 0) is 31.5 Å². The molecule has 0 bridgehead atoms. The highest BCUT2D eigenvalue weighted by Crippen LogP contribution is 2.34. The lowest BCUT2D eigenvalue weighted by Crippen LogP contribution is -2.41. The van der Waals surface area contributed by atoms with Crippen molar-refractivity contribution in [3.05, 3.63) is 58.9 Å². The number of hydrogen-bond donors (Lipinski definition) is 0. The lowest BCUT2D eigenvalue weighted by Gasteiger charge is -2.30. The molecule has 0 spiro atoms. The predicted molar refractivity (Wildman–Crippen MR) is 108 cm³/mol. The number of hydrogen-bond acceptors (Lipinski definition) is 3. The fourth-order valence-corrected chi connectivity index (χ4v) is 3.75. The van der Waals surface area contributed by atoms with Gasteiger partial charge in [0.2, 0.25) is 0 Å². The summed E-state index contributed by atoms with van der Waals surface area (Å²) in [6, 6.07) is 10.4. The summed E-state index contributed by atoms with van der Waals surface area (Å²) in [6.45, 7) is 5.85. The van der Waals surface area contributed by atoms with Crippen molar-refractivity contribution in [1.82, 2.24) is 4.90 Å². The summed E-state index contributed by atoms with van der Waals surface area (Å²) in [4.78, 5) is 6.92. The standard InChI is InChI=1S/C21H22F4N2OS/c1-14-3-5-16(6-4-14)20(27-7-9-28-10-8-27)26-18-12-19(15(2)11-17(18)22)29-13-21(23,24)25/h3-6,11-12H,7-10,13H2,1-2H3/b26-20-.